The topological polar surface area (TPSA) is 116 Å². The molecule has 0 spiro atoms. The van der Waals surface area contributed by atoms with Gasteiger partial charge in [0.05, 0.1) is 45.8 Å². The predicted molar refractivity (Wildman–Crippen MR) is 132 cm³/mol. The average Bonchev–Trinajstić information content (AvgIpc) is 3.35. The number of carbonyl (C=O) groups is 1. The lowest BCUT2D eigenvalue weighted by Gasteiger charge is -2.29. The Morgan fingerprint density at radius 3 is 2.73 bits per heavy atom. The molecule has 37 heavy (non-hydrogen) atoms. The highest BCUT2D eigenvalue weighted by molar-refractivity contribution is 7.91. The van der Waals surface area contributed by atoms with Gasteiger partial charge in [0.15, 0.2) is 9.84 Å². The summed E-state index contributed by atoms with van der Waals surface area (Å²) in [5.41, 5.74) is 1.90. The first-order chi connectivity index (χ1) is 17.5. The van der Waals surface area contributed by atoms with Crippen molar-refractivity contribution < 1.29 is 26.7 Å². The lowest BCUT2D eigenvalue weighted by atomic mass is 9.84. The van der Waals surface area contributed by atoms with E-state index in [1.807, 2.05) is 0 Å². The molecule has 0 radical (unpaired) electrons. The molecule has 2 atom stereocenters. The summed E-state index contributed by atoms with van der Waals surface area (Å²) in [7, 11) is -3.18. The number of amides is 1. The van der Waals surface area contributed by atoms with Crippen LogP contribution in [-0.2, 0) is 27.5 Å². The van der Waals surface area contributed by atoms with Crippen molar-refractivity contribution in [3.8, 4) is 23.0 Å². The second-order valence-electron chi connectivity index (χ2n) is 9.62. The molecule has 1 aliphatic carbocycles. The van der Waals surface area contributed by atoms with E-state index in [2.05, 4.69) is 20.0 Å². The number of hydrogen-bond donors (Lipinski definition) is 1. The van der Waals surface area contributed by atoms with E-state index in [0.29, 0.717) is 47.7 Å². The zero-order valence-corrected chi connectivity index (χ0v) is 21.4. The summed E-state index contributed by atoms with van der Waals surface area (Å²) < 4.78 is 55.6. The second kappa shape index (κ2) is 9.64. The fourth-order valence-corrected chi connectivity index (χ4v) is 7.17. The van der Waals surface area contributed by atoms with Crippen molar-refractivity contribution >= 4 is 27.3 Å². The Labute approximate surface area is 217 Å². The van der Waals surface area contributed by atoms with E-state index in [1.54, 1.807) is 23.7 Å². The first-order valence-corrected chi connectivity index (χ1v) is 13.9. The molecule has 3 aromatic rings. The number of benzene rings is 1. The SMILES string of the molecule is C[C@]1(NC(=O)C2CCc3c(-c4cccc(OC(F)F)c4)nn(-c4ncc(Cl)cn4)c3C2)CCS(=O)(=O)C1. The quantitative estimate of drug-likeness (QED) is 0.499. The Balaban J connectivity index is 1.49. The zero-order chi connectivity index (χ0) is 26.4. The molecule has 2 aliphatic rings. The van der Waals surface area contributed by atoms with Crippen LogP contribution in [0.3, 0.4) is 0 Å². The van der Waals surface area contributed by atoms with Gasteiger partial charge >= 0.3 is 6.61 Å². The van der Waals surface area contributed by atoms with Gasteiger partial charge in [0.25, 0.3) is 5.95 Å². The van der Waals surface area contributed by atoms with Gasteiger partial charge in [0, 0.05) is 23.5 Å². The number of alkyl halides is 2. The highest BCUT2D eigenvalue weighted by Crippen LogP contribution is 2.36. The summed E-state index contributed by atoms with van der Waals surface area (Å²) in [6.45, 7) is -1.21. The van der Waals surface area contributed by atoms with Gasteiger partial charge in [-0.2, -0.15) is 13.9 Å². The molecule has 9 nitrogen and oxygen atoms in total. The van der Waals surface area contributed by atoms with Crippen molar-refractivity contribution in [1.82, 2.24) is 25.1 Å². The van der Waals surface area contributed by atoms with E-state index in [1.165, 1.54) is 24.5 Å². The number of ether oxygens (including phenoxy) is 1. The van der Waals surface area contributed by atoms with Crippen LogP contribution in [0.25, 0.3) is 17.2 Å². The van der Waals surface area contributed by atoms with Gasteiger partial charge in [-0.25, -0.2) is 23.1 Å². The number of aromatic nitrogens is 4. The van der Waals surface area contributed by atoms with Gasteiger partial charge in [0.1, 0.15) is 5.75 Å². The third-order valence-corrected chi connectivity index (χ3v) is 8.80. The largest absolute Gasteiger partial charge is 0.435 e. The van der Waals surface area contributed by atoms with Gasteiger partial charge in [-0.15, -0.1) is 0 Å². The third-order valence-electron chi connectivity index (χ3n) is 6.70. The molecule has 1 fully saturated rings. The van der Waals surface area contributed by atoms with Crippen molar-refractivity contribution in [1.29, 1.82) is 0 Å². The minimum absolute atomic E-state index is 0.00589. The van der Waals surface area contributed by atoms with E-state index in [4.69, 9.17) is 16.7 Å². The molecule has 1 unspecified atom stereocenters. The minimum Gasteiger partial charge on any atom is -0.435 e. The van der Waals surface area contributed by atoms with Gasteiger partial charge in [-0.1, -0.05) is 23.7 Å². The molecule has 3 heterocycles. The summed E-state index contributed by atoms with van der Waals surface area (Å²) in [6.07, 6.45) is 4.56. The number of halogens is 3. The van der Waals surface area contributed by atoms with E-state index >= 15 is 0 Å². The Hall–Kier alpha value is -3.12. The molecule has 1 N–H and O–H groups in total. The Morgan fingerprint density at radius 1 is 1.30 bits per heavy atom. The fourth-order valence-electron chi connectivity index (χ4n) is 4.98. The zero-order valence-electron chi connectivity index (χ0n) is 19.8. The summed E-state index contributed by atoms with van der Waals surface area (Å²) in [4.78, 5) is 21.8. The monoisotopic (exact) mass is 551 g/mol. The van der Waals surface area contributed by atoms with E-state index in [9.17, 15) is 22.0 Å². The standard InChI is InChI=1S/C24H24ClF2N5O4S/c1-24(7-8-37(34,35)13-24)30-21(33)15-5-6-18-19(10-15)32(23-28-11-16(25)12-29-23)31-20(18)14-3-2-4-17(9-14)36-22(26)27/h2-4,9,11-12,15,22H,5-8,10,13H2,1H3,(H,30,33)/t15?,24-/m0/s1. The molecular weight excluding hydrogens is 528 g/mol. The molecule has 0 bridgehead atoms. The maximum Gasteiger partial charge on any atom is 0.387 e. The van der Waals surface area contributed by atoms with Crippen LogP contribution in [0.2, 0.25) is 5.02 Å². The molecule has 1 aliphatic heterocycles. The smallest absolute Gasteiger partial charge is 0.387 e. The normalized spacial score (nSPS) is 22.6. The van der Waals surface area contributed by atoms with Gasteiger partial charge < -0.3 is 10.1 Å². The maximum atomic E-state index is 13.2. The number of rotatable bonds is 6. The molecule has 1 aromatic carbocycles. The van der Waals surface area contributed by atoms with Crippen molar-refractivity contribution in [2.45, 2.75) is 44.8 Å². The average molecular weight is 552 g/mol. The highest BCUT2D eigenvalue weighted by atomic mass is 35.5. The van der Waals surface area contributed by atoms with E-state index < -0.39 is 27.9 Å². The van der Waals surface area contributed by atoms with Crippen LogP contribution in [0.4, 0.5) is 8.78 Å². The van der Waals surface area contributed by atoms with Crippen LogP contribution in [0.15, 0.2) is 36.7 Å². The number of hydrogen-bond acceptors (Lipinski definition) is 7. The fraction of sp³-hybridized carbons (Fsp3) is 0.417. The van der Waals surface area contributed by atoms with Crippen LogP contribution < -0.4 is 10.1 Å². The van der Waals surface area contributed by atoms with Crippen LogP contribution in [-0.4, -0.2) is 57.7 Å². The minimum atomic E-state index is -3.18. The Morgan fingerprint density at radius 2 is 2.05 bits per heavy atom. The van der Waals surface area contributed by atoms with Crippen LogP contribution >= 0.6 is 11.6 Å². The molecule has 13 heteroatoms. The lowest BCUT2D eigenvalue weighted by molar-refractivity contribution is -0.126. The molecule has 196 valence electrons. The van der Waals surface area contributed by atoms with Gasteiger partial charge in [0.2, 0.25) is 5.91 Å². The first-order valence-electron chi connectivity index (χ1n) is 11.7. The molecule has 5 rings (SSSR count). The molecule has 1 saturated heterocycles. The van der Waals surface area contributed by atoms with Crippen LogP contribution in [0.5, 0.6) is 5.75 Å². The molecular formula is C24H24ClF2N5O4S. The number of fused-ring (bicyclic) bond motifs is 1. The summed E-state index contributed by atoms with van der Waals surface area (Å²) in [5.74, 6) is -0.410. The second-order valence-corrected chi connectivity index (χ2v) is 12.2. The van der Waals surface area contributed by atoms with Crippen LogP contribution in [0.1, 0.15) is 31.0 Å². The Kier molecular flexibility index (Phi) is 6.65. The predicted octanol–water partition coefficient (Wildman–Crippen LogP) is 3.38. The van der Waals surface area contributed by atoms with Gasteiger partial charge in [-0.3, -0.25) is 4.79 Å². The molecule has 1 amide bonds. The van der Waals surface area contributed by atoms with Crippen molar-refractivity contribution in [3.63, 3.8) is 0 Å². The third kappa shape index (κ3) is 5.45. The van der Waals surface area contributed by atoms with Crippen molar-refractivity contribution in [2.24, 2.45) is 5.92 Å². The highest BCUT2D eigenvalue weighted by Gasteiger charge is 2.41. The summed E-state index contributed by atoms with van der Waals surface area (Å²) in [6, 6.07) is 6.27. The van der Waals surface area contributed by atoms with E-state index in [0.717, 1.165) is 5.56 Å². The number of sulfone groups is 1. The maximum absolute atomic E-state index is 13.2. The van der Waals surface area contributed by atoms with Crippen molar-refractivity contribution in [2.75, 3.05) is 11.5 Å². The van der Waals surface area contributed by atoms with Gasteiger partial charge in [-0.05, 0) is 38.3 Å². The summed E-state index contributed by atoms with van der Waals surface area (Å²) >= 11 is 5.96. The molecule has 0 saturated carbocycles. The number of carbonyl (C=O) groups excluding carboxylic acids is 1. The van der Waals surface area contributed by atoms with Crippen LogP contribution in [0, 0.1) is 5.92 Å². The number of nitrogens with one attached hydrogen (secondary N) is 1. The Bertz CT molecular complexity index is 1450. The van der Waals surface area contributed by atoms with Crippen molar-refractivity contribution in [3.05, 3.63) is 52.9 Å². The number of nitrogens with zero attached hydrogens (tertiary/aromatic N) is 4. The summed E-state index contributed by atoms with van der Waals surface area (Å²) in [5, 5.41) is 8.01. The molecule has 2 aromatic heterocycles. The van der Waals surface area contributed by atoms with E-state index in [-0.39, 0.29) is 29.1 Å². The first kappa shape index (κ1) is 25.5. The lowest BCUT2D eigenvalue weighted by Crippen LogP contribution is -2.50.